The van der Waals surface area contributed by atoms with Crippen molar-refractivity contribution in [2.24, 2.45) is 0 Å². The van der Waals surface area contributed by atoms with E-state index in [2.05, 4.69) is 15.5 Å². The number of rotatable bonds is 3. The van der Waals surface area contributed by atoms with Gasteiger partial charge in [0, 0.05) is 17.4 Å². The summed E-state index contributed by atoms with van der Waals surface area (Å²) in [5.74, 6) is 1.07. The summed E-state index contributed by atoms with van der Waals surface area (Å²) in [5.41, 5.74) is 0.957. The fourth-order valence-corrected chi connectivity index (χ4v) is 3.44. The zero-order valence-electron chi connectivity index (χ0n) is 11.0. The molecular formula is C14H12ClN3O2S. The van der Waals surface area contributed by atoms with E-state index in [0.29, 0.717) is 22.5 Å². The number of amides is 1. The zero-order chi connectivity index (χ0) is 14.4. The minimum absolute atomic E-state index is 0.194. The van der Waals surface area contributed by atoms with E-state index in [4.69, 9.17) is 16.3 Å². The highest BCUT2D eigenvalue weighted by Crippen LogP contribution is 2.42. The average molecular weight is 322 g/mol. The molecule has 2 aliphatic rings. The molecule has 1 aliphatic carbocycles. The Morgan fingerprint density at radius 2 is 2.24 bits per heavy atom. The van der Waals surface area contributed by atoms with Gasteiger partial charge in [-0.15, -0.1) is 10.2 Å². The third kappa shape index (κ3) is 2.61. The molecule has 0 saturated heterocycles. The van der Waals surface area contributed by atoms with Crippen molar-refractivity contribution in [1.82, 2.24) is 10.2 Å². The average Bonchev–Trinajstić information content (AvgIpc) is 3.06. The van der Waals surface area contributed by atoms with Crippen molar-refractivity contribution in [3.63, 3.8) is 0 Å². The number of nitrogens with one attached hydrogen (secondary N) is 1. The lowest BCUT2D eigenvalue weighted by Gasteiger charge is -2.08. The van der Waals surface area contributed by atoms with E-state index in [1.54, 1.807) is 12.1 Å². The molecule has 1 saturated carbocycles. The molecule has 21 heavy (non-hydrogen) atoms. The van der Waals surface area contributed by atoms with E-state index in [1.807, 2.05) is 6.07 Å². The predicted octanol–water partition coefficient (Wildman–Crippen LogP) is 3.01. The van der Waals surface area contributed by atoms with Crippen molar-refractivity contribution >= 4 is 34.0 Å². The number of hydrogen-bond acceptors (Lipinski definition) is 5. The van der Waals surface area contributed by atoms with Crippen molar-refractivity contribution in [1.29, 1.82) is 0 Å². The Kier molecular flexibility index (Phi) is 3.08. The molecule has 1 atom stereocenters. The minimum atomic E-state index is -0.535. The second-order valence-electron chi connectivity index (χ2n) is 5.27. The van der Waals surface area contributed by atoms with E-state index in [1.165, 1.54) is 24.2 Å². The molecule has 1 N–H and O–H groups in total. The van der Waals surface area contributed by atoms with E-state index in [9.17, 15) is 4.79 Å². The van der Waals surface area contributed by atoms with Crippen LogP contribution in [0.3, 0.4) is 0 Å². The summed E-state index contributed by atoms with van der Waals surface area (Å²) >= 11 is 7.39. The lowest BCUT2D eigenvalue weighted by Crippen LogP contribution is -2.31. The van der Waals surface area contributed by atoms with Gasteiger partial charge in [-0.3, -0.25) is 10.1 Å². The third-order valence-electron chi connectivity index (χ3n) is 3.59. The maximum atomic E-state index is 12.2. The molecule has 5 nitrogen and oxygen atoms in total. The van der Waals surface area contributed by atoms with Crippen LogP contribution in [0.15, 0.2) is 18.2 Å². The summed E-state index contributed by atoms with van der Waals surface area (Å²) in [4.78, 5) is 12.2. The number of halogens is 1. The van der Waals surface area contributed by atoms with E-state index in [0.717, 1.165) is 16.3 Å². The second-order valence-corrected chi connectivity index (χ2v) is 6.72. The van der Waals surface area contributed by atoms with E-state index >= 15 is 0 Å². The van der Waals surface area contributed by atoms with Gasteiger partial charge in [-0.2, -0.15) is 0 Å². The summed E-state index contributed by atoms with van der Waals surface area (Å²) in [7, 11) is 0. The Bertz CT molecular complexity index is 714. The van der Waals surface area contributed by atoms with Crippen molar-refractivity contribution in [2.75, 3.05) is 5.32 Å². The molecular weight excluding hydrogens is 310 g/mol. The normalized spacial score (nSPS) is 20.0. The lowest BCUT2D eigenvalue weighted by atomic mass is 10.1. The second kappa shape index (κ2) is 4.96. The number of anilines is 1. The van der Waals surface area contributed by atoms with Crippen LogP contribution in [0.25, 0.3) is 0 Å². The zero-order valence-corrected chi connectivity index (χ0v) is 12.6. The maximum Gasteiger partial charge on any atom is 0.267 e. The van der Waals surface area contributed by atoms with Gasteiger partial charge < -0.3 is 4.74 Å². The first kappa shape index (κ1) is 13.0. The first-order valence-electron chi connectivity index (χ1n) is 6.78. The number of hydrogen-bond donors (Lipinski definition) is 1. The molecule has 1 aliphatic heterocycles. The van der Waals surface area contributed by atoms with Gasteiger partial charge in [-0.05, 0) is 36.6 Å². The molecule has 0 spiro atoms. The molecule has 0 bridgehead atoms. The molecule has 1 amide bonds. The van der Waals surface area contributed by atoms with Gasteiger partial charge in [-0.1, -0.05) is 22.9 Å². The van der Waals surface area contributed by atoms with Crippen LogP contribution in [0.5, 0.6) is 5.75 Å². The van der Waals surface area contributed by atoms with Gasteiger partial charge in [0.1, 0.15) is 10.8 Å². The van der Waals surface area contributed by atoms with Gasteiger partial charge >= 0.3 is 0 Å². The number of benzene rings is 1. The standard InChI is InChI=1S/C14H12ClN3O2S/c15-9-3-4-10-8(5-9)6-11(20-10)12(19)16-14-18-17-13(21-14)7-1-2-7/h3-5,7,11H,1-2,6H2,(H,16,18,19). The molecule has 1 aromatic carbocycles. The van der Waals surface area contributed by atoms with Crippen LogP contribution in [0, 0.1) is 0 Å². The van der Waals surface area contributed by atoms with Crippen molar-refractivity contribution in [3.8, 4) is 5.75 Å². The Morgan fingerprint density at radius 1 is 1.38 bits per heavy atom. The number of carbonyl (C=O) groups is 1. The lowest BCUT2D eigenvalue weighted by molar-refractivity contribution is -0.122. The van der Waals surface area contributed by atoms with Gasteiger partial charge in [0.25, 0.3) is 5.91 Å². The minimum Gasteiger partial charge on any atom is -0.480 e. The molecule has 1 aromatic heterocycles. The fraction of sp³-hybridized carbons (Fsp3) is 0.357. The Labute approximate surface area is 130 Å². The molecule has 4 rings (SSSR count). The highest BCUT2D eigenvalue weighted by molar-refractivity contribution is 7.15. The molecule has 108 valence electrons. The number of carbonyl (C=O) groups excluding carboxylic acids is 1. The van der Waals surface area contributed by atoms with Crippen LogP contribution < -0.4 is 10.1 Å². The Morgan fingerprint density at radius 3 is 3.05 bits per heavy atom. The van der Waals surface area contributed by atoms with Crippen LogP contribution in [0.2, 0.25) is 5.02 Å². The number of aromatic nitrogens is 2. The van der Waals surface area contributed by atoms with Crippen molar-refractivity contribution < 1.29 is 9.53 Å². The highest BCUT2D eigenvalue weighted by Gasteiger charge is 2.31. The molecule has 1 fully saturated rings. The summed E-state index contributed by atoms with van der Waals surface area (Å²) in [6.45, 7) is 0. The van der Waals surface area contributed by atoms with Gasteiger partial charge in [0.05, 0.1) is 0 Å². The monoisotopic (exact) mass is 321 g/mol. The molecule has 1 unspecified atom stereocenters. The van der Waals surface area contributed by atoms with Crippen molar-refractivity contribution in [3.05, 3.63) is 33.8 Å². The Balaban J connectivity index is 1.43. The third-order valence-corrected chi connectivity index (χ3v) is 4.82. The smallest absolute Gasteiger partial charge is 0.267 e. The molecule has 0 radical (unpaired) electrons. The van der Waals surface area contributed by atoms with Gasteiger partial charge in [0.15, 0.2) is 6.10 Å². The summed E-state index contributed by atoms with van der Waals surface area (Å²) in [6.07, 6.45) is 2.33. The SMILES string of the molecule is O=C(Nc1nnc(C2CC2)s1)C1Cc2cc(Cl)ccc2O1. The van der Waals surface area contributed by atoms with Crippen LogP contribution in [-0.2, 0) is 11.2 Å². The summed E-state index contributed by atoms with van der Waals surface area (Å²) in [5, 5.41) is 13.1. The van der Waals surface area contributed by atoms with Crippen molar-refractivity contribution in [2.45, 2.75) is 31.3 Å². The fourth-order valence-electron chi connectivity index (χ4n) is 2.33. The van der Waals surface area contributed by atoms with E-state index in [-0.39, 0.29) is 5.91 Å². The predicted molar refractivity (Wildman–Crippen MR) is 80.1 cm³/mol. The topological polar surface area (TPSA) is 64.1 Å². The van der Waals surface area contributed by atoms with Crippen LogP contribution >= 0.6 is 22.9 Å². The number of fused-ring (bicyclic) bond motifs is 1. The first-order chi connectivity index (χ1) is 10.2. The van der Waals surface area contributed by atoms with Crippen LogP contribution in [-0.4, -0.2) is 22.2 Å². The summed E-state index contributed by atoms with van der Waals surface area (Å²) < 4.78 is 5.65. The van der Waals surface area contributed by atoms with Crippen LogP contribution in [0.1, 0.15) is 29.3 Å². The largest absolute Gasteiger partial charge is 0.480 e. The Hall–Kier alpha value is -1.66. The highest BCUT2D eigenvalue weighted by atomic mass is 35.5. The van der Waals surface area contributed by atoms with Crippen LogP contribution in [0.4, 0.5) is 5.13 Å². The quantitative estimate of drug-likeness (QED) is 0.943. The summed E-state index contributed by atoms with van der Waals surface area (Å²) in [6, 6.07) is 5.38. The maximum absolute atomic E-state index is 12.2. The van der Waals surface area contributed by atoms with Gasteiger partial charge in [0.2, 0.25) is 5.13 Å². The number of ether oxygens (including phenoxy) is 1. The first-order valence-corrected chi connectivity index (χ1v) is 7.98. The molecule has 7 heteroatoms. The number of nitrogens with zero attached hydrogens (tertiary/aromatic N) is 2. The molecule has 2 heterocycles. The molecule has 2 aromatic rings. The van der Waals surface area contributed by atoms with E-state index < -0.39 is 6.10 Å². The van der Waals surface area contributed by atoms with Gasteiger partial charge in [-0.25, -0.2) is 0 Å².